The van der Waals surface area contributed by atoms with Gasteiger partial charge in [-0.25, -0.2) is 0 Å². The number of benzene rings is 3. The zero-order valence-corrected chi connectivity index (χ0v) is 22.1. The molecule has 7 nitrogen and oxygen atoms in total. The van der Waals surface area contributed by atoms with Crippen molar-refractivity contribution in [3.63, 3.8) is 0 Å². The Morgan fingerprint density at radius 1 is 1.05 bits per heavy atom. The Hall–Kier alpha value is -3.39. The van der Waals surface area contributed by atoms with E-state index >= 15 is 0 Å². The van der Waals surface area contributed by atoms with Crippen molar-refractivity contribution in [3.05, 3.63) is 93.5 Å². The first-order valence-corrected chi connectivity index (χ1v) is 12.6. The maximum Gasteiger partial charge on any atom is 0.260 e. The van der Waals surface area contributed by atoms with Crippen LogP contribution < -0.4 is 21.3 Å². The first kappa shape index (κ1) is 26.7. The highest BCUT2D eigenvalue weighted by atomic mass is 35.5. The van der Waals surface area contributed by atoms with Gasteiger partial charge in [0.15, 0.2) is 0 Å². The Morgan fingerprint density at radius 2 is 1.78 bits per heavy atom. The molecule has 1 unspecified atom stereocenters. The van der Waals surface area contributed by atoms with Crippen LogP contribution in [0.5, 0.6) is 0 Å². The van der Waals surface area contributed by atoms with Crippen molar-refractivity contribution in [1.29, 1.82) is 0 Å². The Morgan fingerprint density at radius 3 is 2.46 bits per heavy atom. The summed E-state index contributed by atoms with van der Waals surface area (Å²) in [6.45, 7) is 4.72. The van der Waals surface area contributed by atoms with E-state index < -0.39 is 11.9 Å². The van der Waals surface area contributed by atoms with Crippen LogP contribution in [-0.2, 0) is 11.2 Å². The molecule has 3 aromatic carbocycles. The smallest absolute Gasteiger partial charge is 0.260 e. The number of carbonyl (C=O) groups is 3. The van der Waals surface area contributed by atoms with Gasteiger partial charge in [0.2, 0.25) is 5.91 Å². The molecule has 1 aliphatic heterocycles. The van der Waals surface area contributed by atoms with Crippen LogP contribution in [0, 0.1) is 5.41 Å². The number of halogens is 2. The normalized spacial score (nSPS) is 15.1. The first-order chi connectivity index (χ1) is 17.6. The van der Waals surface area contributed by atoms with Crippen molar-refractivity contribution in [2.75, 3.05) is 23.3 Å². The van der Waals surface area contributed by atoms with Crippen molar-refractivity contribution in [3.8, 4) is 0 Å². The second kappa shape index (κ2) is 10.9. The number of hydrogen-bond donors (Lipinski definition) is 3. The number of hydrogen-bond acceptors (Lipinski definition) is 4. The van der Waals surface area contributed by atoms with Gasteiger partial charge in [-0.1, -0.05) is 67.4 Å². The average Bonchev–Trinajstić information content (AvgIpc) is 2.87. The van der Waals surface area contributed by atoms with E-state index in [2.05, 4.69) is 10.6 Å². The molecule has 3 amide bonds. The fraction of sp³-hybridized carbons (Fsp3) is 0.250. The van der Waals surface area contributed by atoms with Crippen LogP contribution in [0.15, 0.2) is 66.7 Å². The van der Waals surface area contributed by atoms with E-state index in [9.17, 15) is 14.4 Å². The van der Waals surface area contributed by atoms with Gasteiger partial charge in [0.05, 0.1) is 22.0 Å². The molecule has 1 aliphatic rings. The van der Waals surface area contributed by atoms with Crippen molar-refractivity contribution < 1.29 is 14.4 Å². The van der Waals surface area contributed by atoms with E-state index in [-0.39, 0.29) is 27.8 Å². The third kappa shape index (κ3) is 5.96. The van der Waals surface area contributed by atoms with Gasteiger partial charge in [-0.05, 0) is 53.9 Å². The third-order valence-electron chi connectivity index (χ3n) is 6.32. The van der Waals surface area contributed by atoms with Gasteiger partial charge in [-0.15, -0.1) is 0 Å². The molecule has 4 N–H and O–H groups in total. The van der Waals surface area contributed by atoms with Crippen LogP contribution in [0.25, 0.3) is 0 Å². The molecule has 0 saturated heterocycles. The van der Waals surface area contributed by atoms with E-state index in [1.54, 1.807) is 30.3 Å². The Balaban J connectivity index is 1.72. The summed E-state index contributed by atoms with van der Waals surface area (Å²) in [5, 5.41) is 6.34. The molecule has 0 aliphatic carbocycles. The summed E-state index contributed by atoms with van der Waals surface area (Å²) in [6, 6.07) is 18.1. The van der Waals surface area contributed by atoms with Crippen molar-refractivity contribution in [2.45, 2.75) is 26.3 Å². The number of nitrogens with two attached hydrogens (primary N) is 1. The molecule has 9 heteroatoms. The Labute approximate surface area is 225 Å². The molecule has 0 spiro atoms. The van der Waals surface area contributed by atoms with E-state index in [1.165, 1.54) is 11.0 Å². The molecule has 0 radical (unpaired) electrons. The largest absolute Gasteiger partial charge is 0.351 e. The van der Waals surface area contributed by atoms with Gasteiger partial charge >= 0.3 is 0 Å². The molecular formula is C28H28Cl2N4O3. The fourth-order valence-electron chi connectivity index (χ4n) is 4.05. The molecule has 1 atom stereocenters. The molecule has 192 valence electrons. The second-order valence-corrected chi connectivity index (χ2v) is 10.6. The number of anilines is 2. The third-order valence-corrected chi connectivity index (χ3v) is 6.87. The van der Waals surface area contributed by atoms with Gasteiger partial charge < -0.3 is 16.4 Å². The lowest BCUT2D eigenvalue weighted by molar-refractivity contribution is -0.117. The summed E-state index contributed by atoms with van der Waals surface area (Å²) in [4.78, 5) is 41.4. The number of fused-ring (bicyclic) bond motifs is 1. The molecule has 1 heterocycles. The summed E-state index contributed by atoms with van der Waals surface area (Å²) in [7, 11) is 0. The average molecular weight is 539 g/mol. The van der Waals surface area contributed by atoms with Crippen LogP contribution >= 0.6 is 23.2 Å². The standard InChI is InChI=1S/C28H28Cl2N4O3/c1-28(2,15-31)16-32-25(35)18-8-11-23-22(13-18)33-26(36)24(12-17-6-4-3-5-7-17)34(23)27(37)20-10-9-19(29)14-21(20)30/h3-11,13-14,24H,12,15-16,31H2,1-2H3,(H,32,35)(H,33,36). The molecule has 0 aromatic heterocycles. The van der Waals surface area contributed by atoms with Gasteiger partial charge in [0.25, 0.3) is 11.8 Å². The van der Waals surface area contributed by atoms with Crippen molar-refractivity contribution in [2.24, 2.45) is 11.1 Å². The highest BCUT2D eigenvalue weighted by molar-refractivity contribution is 6.37. The van der Waals surface area contributed by atoms with E-state index in [4.69, 9.17) is 28.9 Å². The zero-order valence-electron chi connectivity index (χ0n) is 20.6. The van der Waals surface area contributed by atoms with Crippen LogP contribution in [0.2, 0.25) is 10.0 Å². The van der Waals surface area contributed by atoms with Crippen LogP contribution in [-0.4, -0.2) is 36.9 Å². The van der Waals surface area contributed by atoms with Gasteiger partial charge in [-0.3, -0.25) is 19.3 Å². The summed E-state index contributed by atoms with van der Waals surface area (Å²) in [5.74, 6) is -1.11. The Kier molecular flexibility index (Phi) is 7.87. The van der Waals surface area contributed by atoms with E-state index in [1.807, 2.05) is 44.2 Å². The van der Waals surface area contributed by atoms with Crippen LogP contribution in [0.1, 0.15) is 40.1 Å². The molecule has 0 bridgehead atoms. The summed E-state index contributed by atoms with van der Waals surface area (Å²) >= 11 is 12.4. The molecule has 37 heavy (non-hydrogen) atoms. The second-order valence-electron chi connectivity index (χ2n) is 9.78. The lowest BCUT2D eigenvalue weighted by Gasteiger charge is -2.37. The van der Waals surface area contributed by atoms with Crippen LogP contribution in [0.4, 0.5) is 11.4 Å². The highest BCUT2D eigenvalue weighted by Gasteiger charge is 2.38. The first-order valence-electron chi connectivity index (χ1n) is 11.9. The topological polar surface area (TPSA) is 105 Å². The summed E-state index contributed by atoms with van der Waals surface area (Å²) in [5.41, 5.74) is 7.79. The lowest BCUT2D eigenvalue weighted by atomic mass is 9.94. The maximum atomic E-state index is 13.8. The fourth-order valence-corrected chi connectivity index (χ4v) is 4.54. The number of rotatable bonds is 7. The lowest BCUT2D eigenvalue weighted by Crippen LogP contribution is -2.52. The highest BCUT2D eigenvalue weighted by Crippen LogP contribution is 2.36. The SMILES string of the molecule is CC(C)(CN)CNC(=O)c1ccc2c(c1)NC(=O)C(Cc1ccccc1)N2C(=O)c1ccc(Cl)cc1Cl. The minimum Gasteiger partial charge on any atom is -0.351 e. The molecule has 3 aromatic rings. The van der Waals surface area contributed by atoms with E-state index in [0.717, 1.165) is 5.56 Å². The quantitative estimate of drug-likeness (QED) is 0.397. The van der Waals surface area contributed by atoms with Crippen molar-refractivity contribution >= 4 is 52.3 Å². The number of carbonyl (C=O) groups excluding carboxylic acids is 3. The number of amides is 3. The molecule has 0 saturated carbocycles. The van der Waals surface area contributed by atoms with Gasteiger partial charge in [0.1, 0.15) is 6.04 Å². The predicted octanol–water partition coefficient (Wildman–Crippen LogP) is 4.92. The Bertz CT molecular complexity index is 1340. The summed E-state index contributed by atoms with van der Waals surface area (Å²) < 4.78 is 0. The minimum atomic E-state index is -0.834. The molecule has 4 rings (SSSR count). The van der Waals surface area contributed by atoms with E-state index in [0.29, 0.717) is 41.5 Å². The van der Waals surface area contributed by atoms with Gasteiger partial charge in [-0.2, -0.15) is 0 Å². The molecule has 0 fully saturated rings. The van der Waals surface area contributed by atoms with Crippen LogP contribution in [0.3, 0.4) is 0 Å². The van der Waals surface area contributed by atoms with Gasteiger partial charge in [0, 0.05) is 23.6 Å². The summed E-state index contributed by atoms with van der Waals surface area (Å²) in [6.07, 6.45) is 0.291. The zero-order chi connectivity index (χ0) is 26.7. The molecular weight excluding hydrogens is 511 g/mol. The number of nitrogens with zero attached hydrogens (tertiary/aromatic N) is 1. The van der Waals surface area contributed by atoms with Crippen molar-refractivity contribution in [1.82, 2.24) is 5.32 Å². The minimum absolute atomic E-state index is 0.182. The maximum absolute atomic E-state index is 13.8. The predicted molar refractivity (Wildman–Crippen MR) is 147 cm³/mol. The monoisotopic (exact) mass is 538 g/mol. The number of nitrogens with one attached hydrogen (secondary N) is 2.